The smallest absolute Gasteiger partial charge is 0.329 e. The van der Waals surface area contributed by atoms with E-state index < -0.39 is 72.0 Å². The zero-order valence-corrected chi connectivity index (χ0v) is 22.7. The normalized spacial score (nSPS) is 13.4. The molecule has 0 aliphatic heterocycles. The maximum absolute atomic E-state index is 12.7. The largest absolute Gasteiger partial charge is 0.468 e. The van der Waals surface area contributed by atoms with Crippen LogP contribution in [0.25, 0.3) is 0 Å². The number of esters is 3. The number of Topliss-reactive ketones (excluding diaryl/α,β-unsaturated/α-hetero) is 1. The predicted octanol–water partition coefficient (Wildman–Crippen LogP) is -1.59. The van der Waals surface area contributed by atoms with E-state index in [0.717, 1.165) is 14.2 Å². The van der Waals surface area contributed by atoms with E-state index in [1.807, 2.05) is 0 Å². The van der Waals surface area contributed by atoms with Crippen LogP contribution in [0.4, 0.5) is 0 Å². The minimum Gasteiger partial charge on any atom is -0.468 e. The summed E-state index contributed by atoms with van der Waals surface area (Å²) in [6, 6.07) is -4.17. The first kappa shape index (κ1) is 34.8. The Bertz CT molecular complexity index is 999. The molecule has 0 aromatic heterocycles. The Hall–Kier alpha value is -4.25. The Kier molecular flexibility index (Phi) is 16.9. The number of amides is 3. The number of nitrogens with two attached hydrogens (primary N) is 1. The standard InChI is InChI=1S/C25H36N4O10/c1-15(30)27-18(11-7-6-10-17(26)23(34)37-3)21(32)14-22(33)29-20(25(36)39-5)13-9-8-12-19(24(35)38-4)28-16(2)31/h6-7,17-20H,10-14,26H2,1-5H3,(H,27,30)(H,28,31)(H,29,33). The minimum atomic E-state index is -1.22. The van der Waals surface area contributed by atoms with E-state index >= 15 is 0 Å². The predicted molar refractivity (Wildman–Crippen MR) is 136 cm³/mol. The maximum Gasteiger partial charge on any atom is 0.329 e. The summed E-state index contributed by atoms with van der Waals surface area (Å²) in [6.45, 7) is 2.43. The molecule has 14 heteroatoms. The Labute approximate surface area is 226 Å². The first-order valence-corrected chi connectivity index (χ1v) is 11.8. The lowest BCUT2D eigenvalue weighted by Gasteiger charge is -2.17. The second kappa shape index (κ2) is 18.9. The van der Waals surface area contributed by atoms with Crippen LogP contribution >= 0.6 is 0 Å². The third-order valence-electron chi connectivity index (χ3n) is 4.95. The molecule has 0 spiro atoms. The average Bonchev–Trinajstić information content (AvgIpc) is 2.88. The molecule has 0 rings (SSSR count). The fourth-order valence-electron chi connectivity index (χ4n) is 3.03. The van der Waals surface area contributed by atoms with Gasteiger partial charge in [0.1, 0.15) is 18.1 Å². The fraction of sp³-hybridized carbons (Fsp3) is 0.560. The van der Waals surface area contributed by atoms with Crippen molar-refractivity contribution >= 4 is 41.4 Å². The van der Waals surface area contributed by atoms with E-state index in [1.54, 1.807) is 6.08 Å². The molecule has 4 atom stereocenters. The number of carbonyl (C=O) groups is 7. The van der Waals surface area contributed by atoms with E-state index in [0.29, 0.717) is 0 Å². The lowest BCUT2D eigenvalue weighted by atomic mass is 10.0. The summed E-state index contributed by atoms with van der Waals surface area (Å²) in [5.41, 5.74) is 5.63. The molecule has 5 N–H and O–H groups in total. The highest BCUT2D eigenvalue weighted by molar-refractivity contribution is 6.02. The number of ketones is 1. The molecule has 4 unspecified atom stereocenters. The second-order valence-corrected chi connectivity index (χ2v) is 8.15. The van der Waals surface area contributed by atoms with E-state index in [9.17, 15) is 33.6 Å². The molecule has 0 saturated heterocycles. The number of hydrogen-bond acceptors (Lipinski definition) is 11. The molecule has 0 radical (unpaired) electrons. The van der Waals surface area contributed by atoms with Crippen molar-refractivity contribution in [2.75, 3.05) is 21.3 Å². The van der Waals surface area contributed by atoms with Crippen molar-refractivity contribution in [1.29, 1.82) is 0 Å². The number of carbonyl (C=O) groups excluding carboxylic acids is 7. The summed E-state index contributed by atoms with van der Waals surface area (Å²) in [5, 5.41) is 7.20. The van der Waals surface area contributed by atoms with Crippen molar-refractivity contribution in [3.63, 3.8) is 0 Å². The number of hydrogen-bond donors (Lipinski definition) is 4. The Morgan fingerprint density at radius 2 is 1.13 bits per heavy atom. The summed E-state index contributed by atoms with van der Waals surface area (Å²) < 4.78 is 13.8. The topological polar surface area (TPSA) is 209 Å². The van der Waals surface area contributed by atoms with Gasteiger partial charge in [0.15, 0.2) is 5.78 Å². The van der Waals surface area contributed by atoms with Gasteiger partial charge in [-0.05, 0) is 12.8 Å². The van der Waals surface area contributed by atoms with Crippen LogP contribution in [-0.2, 0) is 47.8 Å². The third kappa shape index (κ3) is 14.9. The van der Waals surface area contributed by atoms with Gasteiger partial charge in [-0.3, -0.25) is 24.0 Å². The van der Waals surface area contributed by atoms with Crippen LogP contribution < -0.4 is 21.7 Å². The van der Waals surface area contributed by atoms with E-state index in [-0.39, 0.29) is 25.7 Å². The van der Waals surface area contributed by atoms with Crippen LogP contribution in [-0.4, -0.2) is 86.9 Å². The molecule has 0 aliphatic carbocycles. The molecule has 0 fully saturated rings. The van der Waals surface area contributed by atoms with Crippen molar-refractivity contribution < 1.29 is 47.8 Å². The van der Waals surface area contributed by atoms with Crippen LogP contribution in [0.1, 0.15) is 46.0 Å². The molecule has 39 heavy (non-hydrogen) atoms. The second-order valence-electron chi connectivity index (χ2n) is 8.15. The van der Waals surface area contributed by atoms with Crippen LogP contribution in [0.15, 0.2) is 12.2 Å². The van der Waals surface area contributed by atoms with Gasteiger partial charge in [-0.15, -0.1) is 11.8 Å². The third-order valence-corrected chi connectivity index (χ3v) is 4.95. The Balaban J connectivity index is 5.21. The zero-order valence-electron chi connectivity index (χ0n) is 22.7. The molecule has 0 saturated carbocycles. The Morgan fingerprint density at radius 1 is 0.692 bits per heavy atom. The number of methoxy groups -OCH3 is 3. The van der Waals surface area contributed by atoms with Gasteiger partial charge < -0.3 is 35.9 Å². The highest BCUT2D eigenvalue weighted by atomic mass is 16.5. The van der Waals surface area contributed by atoms with Gasteiger partial charge in [0.2, 0.25) is 17.7 Å². The van der Waals surface area contributed by atoms with Crippen molar-refractivity contribution in [3.8, 4) is 11.8 Å². The van der Waals surface area contributed by atoms with Crippen LogP contribution in [0.5, 0.6) is 0 Å². The van der Waals surface area contributed by atoms with E-state index in [2.05, 4.69) is 42.0 Å². The first-order chi connectivity index (χ1) is 18.4. The van der Waals surface area contributed by atoms with E-state index in [4.69, 9.17) is 5.73 Å². The van der Waals surface area contributed by atoms with Gasteiger partial charge in [0, 0.05) is 26.7 Å². The maximum atomic E-state index is 12.7. The van der Waals surface area contributed by atoms with Crippen LogP contribution in [0.2, 0.25) is 0 Å². The molecular formula is C25H36N4O10. The van der Waals surface area contributed by atoms with Crippen molar-refractivity contribution in [2.24, 2.45) is 5.73 Å². The molecule has 14 nitrogen and oxygen atoms in total. The van der Waals surface area contributed by atoms with Gasteiger partial charge in [0.25, 0.3) is 0 Å². The van der Waals surface area contributed by atoms with Crippen LogP contribution in [0.3, 0.4) is 0 Å². The highest BCUT2D eigenvalue weighted by Crippen LogP contribution is 2.04. The first-order valence-electron chi connectivity index (χ1n) is 11.8. The molecular weight excluding hydrogens is 516 g/mol. The van der Waals surface area contributed by atoms with E-state index in [1.165, 1.54) is 27.0 Å². The lowest BCUT2D eigenvalue weighted by molar-refractivity contribution is -0.145. The number of nitrogens with one attached hydrogen (secondary N) is 3. The fourth-order valence-corrected chi connectivity index (χ4v) is 3.03. The molecule has 3 amide bonds. The number of ether oxygens (including phenoxy) is 3. The SMILES string of the molecule is COC(=O)C(N)CC=CCC(NC(C)=O)C(=O)CC(=O)NC(CC#CCC(NC(C)=O)C(=O)OC)C(=O)OC. The van der Waals surface area contributed by atoms with Gasteiger partial charge >= 0.3 is 17.9 Å². The summed E-state index contributed by atoms with van der Waals surface area (Å²) in [7, 11) is 3.46. The summed E-state index contributed by atoms with van der Waals surface area (Å²) in [4.78, 5) is 83.1. The summed E-state index contributed by atoms with van der Waals surface area (Å²) >= 11 is 0. The van der Waals surface area contributed by atoms with Crippen molar-refractivity contribution in [1.82, 2.24) is 16.0 Å². The van der Waals surface area contributed by atoms with Crippen molar-refractivity contribution in [3.05, 3.63) is 12.2 Å². The summed E-state index contributed by atoms with van der Waals surface area (Å²) in [5.74, 6) is 0.730. The average molecular weight is 553 g/mol. The number of rotatable bonds is 15. The highest BCUT2D eigenvalue weighted by Gasteiger charge is 2.25. The molecule has 0 aliphatic rings. The zero-order chi connectivity index (χ0) is 30.0. The molecule has 0 aromatic carbocycles. The van der Waals surface area contributed by atoms with Gasteiger partial charge in [0.05, 0.1) is 33.8 Å². The molecule has 216 valence electrons. The van der Waals surface area contributed by atoms with Gasteiger partial charge in [-0.1, -0.05) is 12.2 Å². The van der Waals surface area contributed by atoms with Crippen molar-refractivity contribution in [2.45, 2.75) is 70.1 Å². The lowest BCUT2D eigenvalue weighted by Crippen LogP contribution is -2.45. The molecule has 0 heterocycles. The molecule has 0 bridgehead atoms. The van der Waals surface area contributed by atoms with Gasteiger partial charge in [-0.2, -0.15) is 0 Å². The van der Waals surface area contributed by atoms with Crippen LogP contribution in [0, 0.1) is 11.8 Å². The van der Waals surface area contributed by atoms with Gasteiger partial charge in [-0.25, -0.2) is 9.59 Å². The minimum absolute atomic E-state index is 0.0289. The Morgan fingerprint density at radius 3 is 1.59 bits per heavy atom. The summed E-state index contributed by atoms with van der Waals surface area (Å²) in [6.07, 6.45) is 2.28. The molecule has 0 aromatic rings. The monoisotopic (exact) mass is 552 g/mol. The quantitative estimate of drug-likeness (QED) is 0.0598.